The molecule has 1 aliphatic carbocycles. The lowest BCUT2D eigenvalue weighted by Crippen LogP contribution is -2.32. The van der Waals surface area contributed by atoms with Crippen molar-refractivity contribution in [2.45, 2.75) is 42.7 Å². The van der Waals surface area contributed by atoms with Gasteiger partial charge in [0.15, 0.2) is 0 Å². The molecule has 0 amide bonds. The topological polar surface area (TPSA) is 128 Å². The van der Waals surface area contributed by atoms with Gasteiger partial charge in [-0.3, -0.25) is 4.79 Å². The predicted molar refractivity (Wildman–Crippen MR) is 91.8 cm³/mol. The quantitative estimate of drug-likeness (QED) is 0.752. The molecule has 0 aliphatic heterocycles. The number of H-pyrrole nitrogens is 1. The molecule has 0 unspecified atom stereocenters. The van der Waals surface area contributed by atoms with E-state index in [1.807, 2.05) is 0 Å². The van der Waals surface area contributed by atoms with Gasteiger partial charge in [0.25, 0.3) is 5.56 Å². The Bertz CT molecular complexity index is 934. The van der Waals surface area contributed by atoms with E-state index in [-0.39, 0.29) is 28.2 Å². The number of primary sulfonamides is 1. The van der Waals surface area contributed by atoms with Gasteiger partial charge in [-0.05, 0) is 37.8 Å². The number of nitrogens with one attached hydrogen (secondary N) is 1. The molecule has 0 saturated heterocycles. The van der Waals surface area contributed by atoms with Crippen LogP contribution in [-0.2, 0) is 10.0 Å². The fourth-order valence-corrected chi connectivity index (χ4v) is 3.81. The fourth-order valence-electron chi connectivity index (χ4n) is 2.93. The third-order valence-electron chi connectivity index (χ3n) is 4.23. The number of rotatable bonds is 3. The maximum atomic E-state index is 11.9. The SMILES string of the molecule is NC1CCC(Oc2cc3c(Cl)c[nH]c(=O)c3cc2S(N)(=O)=O)CC1. The van der Waals surface area contributed by atoms with Gasteiger partial charge >= 0.3 is 0 Å². The average Bonchev–Trinajstić information content (AvgIpc) is 2.52. The zero-order chi connectivity index (χ0) is 17.5. The Hall–Kier alpha value is -1.61. The van der Waals surface area contributed by atoms with Crippen LogP contribution in [0.2, 0.25) is 5.02 Å². The van der Waals surface area contributed by atoms with E-state index >= 15 is 0 Å². The number of ether oxygens (including phenoxy) is 1. The molecule has 7 nitrogen and oxygen atoms in total. The Morgan fingerprint density at radius 1 is 1.17 bits per heavy atom. The van der Waals surface area contributed by atoms with Gasteiger partial charge < -0.3 is 15.5 Å². The van der Waals surface area contributed by atoms with Gasteiger partial charge in [0.05, 0.1) is 16.5 Å². The van der Waals surface area contributed by atoms with E-state index in [0.29, 0.717) is 10.4 Å². The van der Waals surface area contributed by atoms with Crippen LogP contribution in [0.5, 0.6) is 5.75 Å². The zero-order valence-corrected chi connectivity index (χ0v) is 14.4. The van der Waals surface area contributed by atoms with Crippen LogP contribution < -0.4 is 21.2 Å². The minimum atomic E-state index is -4.06. The molecule has 3 rings (SSSR count). The summed E-state index contributed by atoms with van der Waals surface area (Å²) in [5, 5.41) is 6.14. The number of hydrogen-bond acceptors (Lipinski definition) is 5. The van der Waals surface area contributed by atoms with Crippen LogP contribution >= 0.6 is 11.6 Å². The lowest BCUT2D eigenvalue weighted by molar-refractivity contribution is 0.143. The number of aromatic amines is 1. The first-order valence-corrected chi connectivity index (χ1v) is 9.48. The highest BCUT2D eigenvalue weighted by Crippen LogP contribution is 2.33. The van der Waals surface area contributed by atoms with E-state index in [9.17, 15) is 13.2 Å². The first kappa shape index (κ1) is 17.2. The summed E-state index contributed by atoms with van der Waals surface area (Å²) in [7, 11) is -4.06. The molecule has 9 heteroatoms. The van der Waals surface area contributed by atoms with Crippen LogP contribution in [0.25, 0.3) is 10.8 Å². The first-order valence-electron chi connectivity index (χ1n) is 7.55. The third-order valence-corrected chi connectivity index (χ3v) is 5.48. The smallest absolute Gasteiger partial charge is 0.255 e. The summed E-state index contributed by atoms with van der Waals surface area (Å²) in [6, 6.07) is 2.81. The highest BCUT2D eigenvalue weighted by Gasteiger charge is 2.24. The molecule has 0 radical (unpaired) electrons. The summed E-state index contributed by atoms with van der Waals surface area (Å²) in [5.74, 6) is 0.109. The molecule has 1 aromatic carbocycles. The standard InChI is InChI=1S/C15H18ClN3O4S/c16-12-7-19-15(20)11-6-14(24(18,21)22)13(5-10(11)12)23-9-3-1-8(17)2-4-9/h5-9H,1-4,17H2,(H,19,20)(H2,18,21,22). The molecule has 24 heavy (non-hydrogen) atoms. The molecule has 1 heterocycles. The van der Waals surface area contributed by atoms with E-state index < -0.39 is 15.6 Å². The fraction of sp³-hybridized carbons (Fsp3) is 0.400. The maximum Gasteiger partial charge on any atom is 0.255 e. The molecular formula is C15H18ClN3O4S. The molecular weight excluding hydrogens is 354 g/mol. The summed E-state index contributed by atoms with van der Waals surface area (Å²) >= 11 is 6.11. The summed E-state index contributed by atoms with van der Waals surface area (Å²) in [4.78, 5) is 14.2. The van der Waals surface area contributed by atoms with Gasteiger partial charge in [-0.25, -0.2) is 13.6 Å². The van der Waals surface area contributed by atoms with E-state index in [0.717, 1.165) is 25.7 Å². The van der Waals surface area contributed by atoms with Crippen LogP contribution in [0.3, 0.4) is 0 Å². The van der Waals surface area contributed by atoms with E-state index in [4.69, 9.17) is 27.2 Å². The van der Waals surface area contributed by atoms with Crippen molar-refractivity contribution in [3.05, 3.63) is 33.7 Å². The molecule has 0 atom stereocenters. The summed E-state index contributed by atoms with van der Waals surface area (Å²) in [5.41, 5.74) is 5.42. The van der Waals surface area contributed by atoms with Gasteiger partial charge in [-0.15, -0.1) is 0 Å². The van der Waals surface area contributed by atoms with Crippen LogP contribution in [-0.4, -0.2) is 25.5 Å². The average molecular weight is 372 g/mol. The van der Waals surface area contributed by atoms with Crippen molar-refractivity contribution in [2.75, 3.05) is 0 Å². The number of pyridine rings is 1. The molecule has 1 aliphatic rings. The summed E-state index contributed by atoms with van der Waals surface area (Å²) in [6.45, 7) is 0. The zero-order valence-electron chi connectivity index (χ0n) is 12.8. The number of halogens is 1. The van der Waals surface area contributed by atoms with E-state index in [1.165, 1.54) is 18.3 Å². The van der Waals surface area contributed by atoms with Crippen molar-refractivity contribution in [2.24, 2.45) is 10.9 Å². The van der Waals surface area contributed by atoms with Crippen molar-refractivity contribution in [1.29, 1.82) is 0 Å². The second kappa shape index (κ2) is 6.36. The number of hydrogen-bond donors (Lipinski definition) is 3. The highest BCUT2D eigenvalue weighted by atomic mass is 35.5. The molecule has 1 aromatic heterocycles. The normalized spacial score (nSPS) is 21.8. The van der Waals surface area contributed by atoms with Gasteiger partial charge in [0, 0.05) is 17.6 Å². The van der Waals surface area contributed by atoms with Gasteiger partial charge in [0.1, 0.15) is 10.6 Å². The number of aromatic nitrogens is 1. The van der Waals surface area contributed by atoms with Crippen molar-refractivity contribution in [1.82, 2.24) is 4.98 Å². The monoisotopic (exact) mass is 371 g/mol. The number of benzene rings is 1. The Labute approximate surface area is 144 Å². The molecule has 130 valence electrons. The van der Waals surface area contributed by atoms with Gasteiger partial charge in [-0.1, -0.05) is 11.6 Å². The van der Waals surface area contributed by atoms with Crippen molar-refractivity contribution in [3.63, 3.8) is 0 Å². The second-order valence-corrected chi connectivity index (χ2v) is 7.95. The molecule has 2 aromatic rings. The molecule has 0 spiro atoms. The molecule has 5 N–H and O–H groups in total. The Morgan fingerprint density at radius 3 is 2.46 bits per heavy atom. The molecule has 1 fully saturated rings. The van der Waals surface area contributed by atoms with Crippen molar-refractivity contribution >= 4 is 32.4 Å². The first-order chi connectivity index (χ1) is 11.3. The Morgan fingerprint density at radius 2 is 1.83 bits per heavy atom. The van der Waals surface area contributed by atoms with Crippen LogP contribution in [0.1, 0.15) is 25.7 Å². The second-order valence-electron chi connectivity index (χ2n) is 6.01. The van der Waals surface area contributed by atoms with Crippen LogP contribution in [0, 0.1) is 0 Å². The minimum absolute atomic E-state index is 0.109. The lowest BCUT2D eigenvalue weighted by atomic mass is 9.94. The molecule has 0 bridgehead atoms. The summed E-state index contributed by atoms with van der Waals surface area (Å²) < 4.78 is 29.7. The Kier molecular flexibility index (Phi) is 4.56. The largest absolute Gasteiger partial charge is 0.489 e. The number of fused-ring (bicyclic) bond motifs is 1. The number of sulfonamides is 1. The molecule has 1 saturated carbocycles. The van der Waals surface area contributed by atoms with Crippen molar-refractivity contribution in [3.8, 4) is 5.75 Å². The maximum absolute atomic E-state index is 11.9. The lowest BCUT2D eigenvalue weighted by Gasteiger charge is -2.27. The predicted octanol–water partition coefficient (Wildman–Crippen LogP) is 1.48. The van der Waals surface area contributed by atoms with Gasteiger partial charge in [0.2, 0.25) is 10.0 Å². The van der Waals surface area contributed by atoms with E-state index in [1.54, 1.807) is 0 Å². The highest BCUT2D eigenvalue weighted by molar-refractivity contribution is 7.89. The third kappa shape index (κ3) is 3.41. The van der Waals surface area contributed by atoms with E-state index in [2.05, 4.69) is 4.98 Å². The van der Waals surface area contributed by atoms with Crippen LogP contribution in [0.4, 0.5) is 0 Å². The van der Waals surface area contributed by atoms with Crippen LogP contribution in [0.15, 0.2) is 28.0 Å². The van der Waals surface area contributed by atoms with Gasteiger partial charge in [-0.2, -0.15) is 0 Å². The Balaban J connectivity index is 2.11. The van der Waals surface area contributed by atoms with Crippen molar-refractivity contribution < 1.29 is 13.2 Å². The summed E-state index contributed by atoms with van der Waals surface area (Å²) in [6.07, 6.45) is 4.28. The number of nitrogens with two attached hydrogens (primary N) is 2. The minimum Gasteiger partial charge on any atom is -0.489 e.